The number of tetrazole rings is 1. The number of ketones is 1. The van der Waals surface area contributed by atoms with Crippen molar-refractivity contribution < 1.29 is 14.4 Å². The second-order valence-corrected chi connectivity index (χ2v) is 10.8. The number of benzene rings is 3. The summed E-state index contributed by atoms with van der Waals surface area (Å²) in [4.78, 5) is 42.3. The number of rotatable bonds is 10. The molecule has 43 heavy (non-hydrogen) atoms. The molecule has 0 spiro atoms. The molecule has 0 aliphatic carbocycles. The van der Waals surface area contributed by atoms with Gasteiger partial charge in [-0.25, -0.2) is 0 Å². The van der Waals surface area contributed by atoms with Gasteiger partial charge in [0.1, 0.15) is 6.33 Å². The summed E-state index contributed by atoms with van der Waals surface area (Å²) in [5.41, 5.74) is 4.16. The Kier molecular flexibility index (Phi) is 9.58. The first kappa shape index (κ1) is 29.7. The lowest BCUT2D eigenvalue weighted by molar-refractivity contribution is -0.129. The van der Waals surface area contributed by atoms with Crippen LogP contribution >= 0.6 is 11.6 Å². The molecule has 10 nitrogen and oxygen atoms in total. The standard InChI is InChI=1S/C32H32ClN7O3/c1-23(41)38-15-17-39(18-16-38)28-11-7-25(8-12-28)20-31(42)29(19-24-5-3-2-4-6-24)35-32(43)14-9-26-21-27(33)10-13-30(26)40-22-34-36-37-40/h2-14,21-22,29H,15-20H2,1H3,(H,35,43)/b14-9+/t29-/m0/s1. The molecule has 11 heteroatoms. The molecule has 3 aromatic carbocycles. The summed E-state index contributed by atoms with van der Waals surface area (Å²) in [5, 5.41) is 14.7. The molecule has 1 aromatic heterocycles. The van der Waals surface area contributed by atoms with Gasteiger partial charge in [-0.05, 0) is 64.4 Å². The Morgan fingerprint density at radius 3 is 2.37 bits per heavy atom. The Labute approximate surface area is 254 Å². The fraction of sp³-hybridized carbons (Fsp3) is 0.250. The summed E-state index contributed by atoms with van der Waals surface area (Å²) in [6.07, 6.45) is 5.00. The van der Waals surface area contributed by atoms with Crippen LogP contribution in [0.15, 0.2) is 85.2 Å². The zero-order valence-corrected chi connectivity index (χ0v) is 24.5. The number of carbonyl (C=O) groups is 3. The van der Waals surface area contributed by atoms with E-state index in [1.807, 2.05) is 59.5 Å². The van der Waals surface area contributed by atoms with E-state index in [9.17, 15) is 14.4 Å². The smallest absolute Gasteiger partial charge is 0.244 e. The zero-order chi connectivity index (χ0) is 30.2. The van der Waals surface area contributed by atoms with Gasteiger partial charge >= 0.3 is 0 Å². The number of nitrogens with one attached hydrogen (secondary N) is 1. The third-order valence-electron chi connectivity index (χ3n) is 7.39. The summed E-state index contributed by atoms with van der Waals surface area (Å²) >= 11 is 6.20. The number of amides is 2. The van der Waals surface area contributed by atoms with Crippen molar-refractivity contribution >= 4 is 41.0 Å². The predicted octanol–water partition coefficient (Wildman–Crippen LogP) is 3.54. The normalized spacial score (nSPS) is 14.1. The van der Waals surface area contributed by atoms with Crippen LogP contribution in [-0.2, 0) is 27.2 Å². The van der Waals surface area contributed by atoms with Gasteiger partial charge in [-0.1, -0.05) is 54.1 Å². The minimum atomic E-state index is -0.725. The van der Waals surface area contributed by atoms with Crippen LogP contribution in [0.2, 0.25) is 5.02 Å². The van der Waals surface area contributed by atoms with E-state index < -0.39 is 11.9 Å². The maximum atomic E-state index is 13.5. The van der Waals surface area contributed by atoms with Crippen LogP contribution in [0.1, 0.15) is 23.6 Å². The van der Waals surface area contributed by atoms with Gasteiger partial charge in [-0.2, -0.15) is 4.68 Å². The van der Waals surface area contributed by atoms with E-state index in [4.69, 9.17) is 11.6 Å². The highest BCUT2D eigenvalue weighted by Gasteiger charge is 2.22. The van der Waals surface area contributed by atoms with Crippen LogP contribution in [0.4, 0.5) is 5.69 Å². The van der Waals surface area contributed by atoms with Crippen LogP contribution < -0.4 is 10.2 Å². The summed E-state index contributed by atoms with van der Waals surface area (Å²) in [6, 6.07) is 22.0. The highest BCUT2D eigenvalue weighted by atomic mass is 35.5. The van der Waals surface area contributed by atoms with E-state index in [1.54, 1.807) is 31.2 Å². The van der Waals surface area contributed by atoms with Gasteiger partial charge < -0.3 is 15.1 Å². The number of Topliss-reactive ketones (excluding diaryl/α,β-unsaturated/α-hetero) is 1. The van der Waals surface area contributed by atoms with Crippen molar-refractivity contribution in [1.29, 1.82) is 0 Å². The summed E-state index contributed by atoms with van der Waals surface area (Å²) in [6.45, 7) is 4.52. The van der Waals surface area contributed by atoms with E-state index in [0.29, 0.717) is 35.8 Å². The van der Waals surface area contributed by atoms with E-state index in [1.165, 1.54) is 17.1 Å². The molecule has 1 aliphatic rings. The number of nitrogens with zero attached hydrogens (tertiary/aromatic N) is 6. The minimum Gasteiger partial charge on any atom is -0.368 e. The van der Waals surface area contributed by atoms with Crippen molar-refractivity contribution in [3.05, 3.63) is 107 Å². The van der Waals surface area contributed by atoms with E-state index in [2.05, 4.69) is 25.7 Å². The molecular weight excluding hydrogens is 566 g/mol. The highest BCUT2D eigenvalue weighted by Crippen LogP contribution is 2.21. The maximum Gasteiger partial charge on any atom is 0.244 e. The number of halogens is 1. The molecular formula is C32H32ClN7O3. The molecule has 0 saturated carbocycles. The molecule has 4 aromatic rings. The number of hydrogen-bond donors (Lipinski definition) is 1. The molecule has 0 bridgehead atoms. The average molecular weight is 598 g/mol. The van der Waals surface area contributed by atoms with Crippen LogP contribution in [0.5, 0.6) is 0 Å². The highest BCUT2D eigenvalue weighted by molar-refractivity contribution is 6.30. The monoisotopic (exact) mass is 597 g/mol. The number of anilines is 1. The van der Waals surface area contributed by atoms with Gasteiger partial charge in [0.15, 0.2) is 5.78 Å². The lowest BCUT2D eigenvalue weighted by Crippen LogP contribution is -2.48. The first-order chi connectivity index (χ1) is 20.9. The van der Waals surface area contributed by atoms with Gasteiger partial charge in [0.05, 0.1) is 11.7 Å². The summed E-state index contributed by atoms with van der Waals surface area (Å²) in [7, 11) is 0. The second kappa shape index (κ2) is 13.9. The lowest BCUT2D eigenvalue weighted by atomic mass is 9.97. The van der Waals surface area contributed by atoms with Gasteiger partial charge in [-0.15, -0.1) is 5.10 Å². The Bertz CT molecular complexity index is 1580. The van der Waals surface area contributed by atoms with Crippen molar-refractivity contribution in [3.63, 3.8) is 0 Å². The predicted molar refractivity (Wildman–Crippen MR) is 165 cm³/mol. The molecule has 0 unspecified atom stereocenters. The molecule has 2 amide bonds. The molecule has 1 aliphatic heterocycles. The summed E-state index contributed by atoms with van der Waals surface area (Å²) < 4.78 is 1.48. The molecule has 220 valence electrons. The molecule has 5 rings (SSSR count). The van der Waals surface area contributed by atoms with E-state index >= 15 is 0 Å². The molecule has 1 saturated heterocycles. The van der Waals surface area contributed by atoms with Crippen molar-refractivity contribution in [2.75, 3.05) is 31.1 Å². The van der Waals surface area contributed by atoms with Gasteiger partial charge in [0, 0.05) is 61.9 Å². The fourth-order valence-corrected chi connectivity index (χ4v) is 5.23. The first-order valence-electron chi connectivity index (χ1n) is 14.0. The zero-order valence-electron chi connectivity index (χ0n) is 23.8. The fourth-order valence-electron chi connectivity index (χ4n) is 5.05. The quantitative estimate of drug-likeness (QED) is 0.278. The lowest BCUT2D eigenvalue weighted by Gasteiger charge is -2.35. The van der Waals surface area contributed by atoms with Gasteiger partial charge in [-0.3, -0.25) is 14.4 Å². The third-order valence-corrected chi connectivity index (χ3v) is 7.63. The molecule has 1 N–H and O–H groups in total. The number of aromatic nitrogens is 4. The average Bonchev–Trinajstić information content (AvgIpc) is 3.56. The Morgan fingerprint density at radius 2 is 1.70 bits per heavy atom. The SMILES string of the molecule is CC(=O)N1CCN(c2ccc(CC(=O)[C@H](Cc3ccccc3)NC(=O)/C=C/c3cc(Cl)ccc3-n3cnnn3)cc2)CC1. The van der Waals surface area contributed by atoms with Gasteiger partial charge in [0.2, 0.25) is 11.8 Å². The maximum absolute atomic E-state index is 13.5. The van der Waals surface area contributed by atoms with Crippen LogP contribution in [0, 0.1) is 0 Å². The topological polar surface area (TPSA) is 113 Å². The number of hydrogen-bond acceptors (Lipinski definition) is 7. The van der Waals surface area contributed by atoms with Crippen molar-refractivity contribution in [2.24, 2.45) is 0 Å². The summed E-state index contributed by atoms with van der Waals surface area (Å²) in [5.74, 6) is -0.401. The molecule has 2 heterocycles. The van der Waals surface area contributed by atoms with Crippen LogP contribution in [0.25, 0.3) is 11.8 Å². The number of carbonyl (C=O) groups excluding carboxylic acids is 3. The Balaban J connectivity index is 1.27. The Hall–Kier alpha value is -4.83. The Morgan fingerprint density at radius 1 is 0.953 bits per heavy atom. The van der Waals surface area contributed by atoms with Crippen LogP contribution in [0.3, 0.4) is 0 Å². The van der Waals surface area contributed by atoms with Crippen molar-refractivity contribution in [1.82, 2.24) is 30.4 Å². The molecule has 0 radical (unpaired) electrons. The minimum absolute atomic E-state index is 0.0921. The second-order valence-electron chi connectivity index (χ2n) is 10.3. The molecule has 1 fully saturated rings. The first-order valence-corrected chi connectivity index (χ1v) is 14.4. The van der Waals surface area contributed by atoms with Gasteiger partial charge in [0.25, 0.3) is 0 Å². The number of piperazine rings is 1. The third kappa shape index (κ3) is 7.92. The van der Waals surface area contributed by atoms with Crippen LogP contribution in [-0.4, -0.2) is 74.9 Å². The van der Waals surface area contributed by atoms with Crippen molar-refractivity contribution in [2.45, 2.75) is 25.8 Å². The molecule has 1 atom stereocenters. The van der Waals surface area contributed by atoms with Crippen molar-refractivity contribution in [3.8, 4) is 5.69 Å². The van der Waals surface area contributed by atoms with E-state index in [-0.39, 0.29) is 18.1 Å². The largest absolute Gasteiger partial charge is 0.368 e. The van der Waals surface area contributed by atoms with E-state index in [0.717, 1.165) is 29.9 Å².